The molecule has 14 heteroatoms. The minimum Gasteiger partial charge on any atom is -0.481 e. The van der Waals surface area contributed by atoms with Crippen LogP contribution in [0, 0.1) is 17.3 Å². The van der Waals surface area contributed by atoms with Crippen LogP contribution in [0.15, 0.2) is 30.3 Å². The molecule has 0 fully saturated rings. The van der Waals surface area contributed by atoms with Crippen LogP contribution in [0.1, 0.15) is 73.3 Å². The van der Waals surface area contributed by atoms with E-state index in [0.717, 1.165) is 5.56 Å². The summed E-state index contributed by atoms with van der Waals surface area (Å²) < 4.78 is 0. The molecule has 0 heterocycles. The lowest BCUT2D eigenvalue weighted by molar-refractivity contribution is -0.158. The molecule has 0 spiro atoms. The van der Waals surface area contributed by atoms with Crippen LogP contribution in [0.2, 0.25) is 0 Å². The van der Waals surface area contributed by atoms with Gasteiger partial charge in [0.2, 0.25) is 23.6 Å². The van der Waals surface area contributed by atoms with Crippen LogP contribution in [-0.4, -0.2) is 82.0 Å². The molecule has 0 saturated carbocycles. The summed E-state index contributed by atoms with van der Waals surface area (Å²) in [6, 6.07) is 1.75. The van der Waals surface area contributed by atoms with Gasteiger partial charge in [0.15, 0.2) is 0 Å². The molecule has 14 nitrogen and oxygen atoms in total. The Labute approximate surface area is 270 Å². The molecule has 8 N–H and O–H groups in total. The minimum atomic E-state index is -1.98. The number of nitrogens with two attached hydrogens (primary N) is 2. The summed E-state index contributed by atoms with van der Waals surface area (Å²) in [4.78, 5) is 91.4. The van der Waals surface area contributed by atoms with Crippen molar-refractivity contribution in [2.45, 2.75) is 104 Å². The lowest BCUT2D eigenvalue weighted by Crippen LogP contribution is -2.64. The lowest BCUT2D eigenvalue weighted by atomic mass is 9.88. The zero-order valence-electron chi connectivity index (χ0n) is 27.7. The van der Waals surface area contributed by atoms with Crippen molar-refractivity contribution in [3.8, 4) is 0 Å². The number of nitrogens with zero attached hydrogens (tertiary/aromatic N) is 1. The van der Waals surface area contributed by atoms with E-state index in [1.807, 2.05) is 20.8 Å². The van der Waals surface area contributed by atoms with E-state index in [1.54, 1.807) is 58.0 Å². The molecule has 0 aromatic heterocycles. The van der Waals surface area contributed by atoms with Crippen molar-refractivity contribution in [2.24, 2.45) is 28.7 Å². The van der Waals surface area contributed by atoms with Crippen LogP contribution < -0.4 is 27.4 Å². The van der Waals surface area contributed by atoms with Crippen LogP contribution in [0.25, 0.3) is 0 Å². The highest BCUT2D eigenvalue weighted by Gasteiger charge is 2.43. The van der Waals surface area contributed by atoms with Crippen LogP contribution >= 0.6 is 0 Å². The SMILES string of the molecule is CC(C)[C@H](N)C(=O)N[C@H](C(=O)N(C(=O)[C@@H](N)CC(=O)NCc1ccccc1)[C@@H](CC(=O)O)C(=O)N[C@H](C=O)CC(C)(C)C)C(C)C. The van der Waals surface area contributed by atoms with Gasteiger partial charge in [-0.3, -0.25) is 33.7 Å². The first-order valence-corrected chi connectivity index (χ1v) is 15.3. The largest absolute Gasteiger partial charge is 0.481 e. The molecule has 0 aliphatic rings. The third-order valence-corrected chi connectivity index (χ3v) is 7.09. The maximum Gasteiger partial charge on any atom is 0.306 e. The number of aliphatic carboxylic acids is 1. The average molecular weight is 647 g/mol. The van der Waals surface area contributed by atoms with Crippen molar-refractivity contribution in [1.82, 2.24) is 20.9 Å². The normalized spacial score (nSPS) is 14.8. The Hall–Kier alpha value is -4.17. The van der Waals surface area contributed by atoms with Crippen molar-refractivity contribution >= 4 is 41.8 Å². The van der Waals surface area contributed by atoms with E-state index in [-0.39, 0.29) is 18.9 Å². The fourth-order valence-electron chi connectivity index (χ4n) is 4.50. The van der Waals surface area contributed by atoms with Gasteiger partial charge < -0.3 is 37.3 Å². The summed E-state index contributed by atoms with van der Waals surface area (Å²) in [6.07, 6.45) is -0.999. The molecule has 1 rings (SSSR count). The molecule has 0 radical (unpaired) electrons. The van der Waals surface area contributed by atoms with Crippen LogP contribution in [-0.2, 0) is 40.1 Å². The summed E-state index contributed by atoms with van der Waals surface area (Å²) in [5, 5.41) is 17.3. The standard InChI is InChI=1S/C32H50N6O8/c1-18(2)26(34)29(44)37-27(19(3)4)31(46)38(23(14-25(41)42)28(43)36-21(17-39)15-32(5,6)7)30(45)22(33)13-24(40)35-16-20-11-9-8-10-12-20/h8-12,17-19,21-23,26-27H,13-16,33-34H2,1-7H3,(H,35,40)(H,36,43)(H,37,44)(H,41,42)/t21-,22-,23-,26-,27-/m0/s1. The Bertz CT molecular complexity index is 1230. The molecule has 0 saturated heterocycles. The maximum absolute atomic E-state index is 14.1. The first kappa shape index (κ1) is 39.9. The van der Waals surface area contributed by atoms with Crippen molar-refractivity contribution in [3.05, 3.63) is 35.9 Å². The number of amides is 5. The monoisotopic (exact) mass is 646 g/mol. The third kappa shape index (κ3) is 13.1. The van der Waals surface area contributed by atoms with E-state index in [1.165, 1.54) is 0 Å². The summed E-state index contributed by atoms with van der Waals surface area (Å²) in [5.41, 5.74) is 12.4. The van der Waals surface area contributed by atoms with Gasteiger partial charge in [0.25, 0.3) is 5.91 Å². The number of imide groups is 1. The zero-order valence-corrected chi connectivity index (χ0v) is 27.7. The van der Waals surface area contributed by atoms with E-state index < -0.39 is 89.9 Å². The first-order valence-electron chi connectivity index (χ1n) is 15.3. The number of benzene rings is 1. The second-order valence-corrected chi connectivity index (χ2v) is 13.2. The number of carboxylic acids is 1. The fourth-order valence-corrected chi connectivity index (χ4v) is 4.50. The van der Waals surface area contributed by atoms with Gasteiger partial charge in [-0.15, -0.1) is 0 Å². The third-order valence-electron chi connectivity index (χ3n) is 7.09. The number of carboxylic acid groups (broad SMARTS) is 1. The van der Waals surface area contributed by atoms with E-state index in [9.17, 15) is 38.7 Å². The second kappa shape index (κ2) is 18.1. The molecule has 1 aromatic carbocycles. The van der Waals surface area contributed by atoms with E-state index >= 15 is 0 Å². The van der Waals surface area contributed by atoms with Crippen LogP contribution in [0.4, 0.5) is 0 Å². The first-order chi connectivity index (χ1) is 21.3. The number of carbonyl (C=O) groups is 7. The molecule has 0 aliphatic carbocycles. The minimum absolute atomic E-state index is 0.131. The number of nitrogens with one attached hydrogen (secondary N) is 3. The topological polar surface area (TPSA) is 231 Å². The average Bonchev–Trinajstić information content (AvgIpc) is 2.96. The smallest absolute Gasteiger partial charge is 0.306 e. The highest BCUT2D eigenvalue weighted by atomic mass is 16.4. The van der Waals surface area contributed by atoms with Crippen LogP contribution in [0.3, 0.4) is 0 Å². The fraction of sp³-hybridized carbons (Fsp3) is 0.594. The summed E-state index contributed by atoms with van der Waals surface area (Å²) in [6.45, 7) is 12.1. The Morgan fingerprint density at radius 1 is 0.870 bits per heavy atom. The number of hydrogen-bond acceptors (Lipinski definition) is 9. The number of rotatable bonds is 17. The van der Waals surface area contributed by atoms with Crippen molar-refractivity contribution < 1.29 is 38.7 Å². The zero-order chi connectivity index (χ0) is 35.4. The molecule has 1 aromatic rings. The molecule has 0 bridgehead atoms. The molecule has 5 amide bonds. The molecular weight excluding hydrogens is 596 g/mol. The maximum atomic E-state index is 14.1. The summed E-state index contributed by atoms with van der Waals surface area (Å²) in [7, 11) is 0. The molecule has 5 atom stereocenters. The van der Waals surface area contributed by atoms with Gasteiger partial charge >= 0.3 is 5.97 Å². The Balaban J connectivity index is 3.53. The highest BCUT2D eigenvalue weighted by Crippen LogP contribution is 2.21. The van der Waals surface area contributed by atoms with Gasteiger partial charge in [0.05, 0.1) is 31.0 Å². The van der Waals surface area contributed by atoms with E-state index in [2.05, 4.69) is 16.0 Å². The molecule has 256 valence electrons. The van der Waals surface area contributed by atoms with Gasteiger partial charge in [-0.2, -0.15) is 0 Å². The Morgan fingerprint density at radius 2 is 1.46 bits per heavy atom. The van der Waals surface area contributed by atoms with Crippen molar-refractivity contribution in [2.75, 3.05) is 0 Å². The molecule has 46 heavy (non-hydrogen) atoms. The van der Waals surface area contributed by atoms with Crippen LogP contribution in [0.5, 0.6) is 0 Å². The van der Waals surface area contributed by atoms with Gasteiger partial charge in [-0.25, -0.2) is 0 Å². The van der Waals surface area contributed by atoms with E-state index in [0.29, 0.717) is 11.2 Å². The molecular formula is C32H50N6O8. The predicted molar refractivity (Wildman–Crippen MR) is 170 cm³/mol. The van der Waals surface area contributed by atoms with Gasteiger partial charge in [-0.05, 0) is 29.2 Å². The summed E-state index contributed by atoms with van der Waals surface area (Å²) in [5.74, 6) is -7.28. The predicted octanol–water partition coefficient (Wildman–Crippen LogP) is 0.463. The summed E-state index contributed by atoms with van der Waals surface area (Å²) >= 11 is 0. The lowest BCUT2D eigenvalue weighted by Gasteiger charge is -2.35. The quantitative estimate of drug-likeness (QED) is 0.128. The second-order valence-electron chi connectivity index (χ2n) is 13.2. The van der Waals surface area contributed by atoms with Gasteiger partial charge in [0.1, 0.15) is 18.4 Å². The Morgan fingerprint density at radius 3 is 1.93 bits per heavy atom. The number of aldehydes is 1. The number of carbonyl (C=O) groups excluding carboxylic acids is 6. The Kier molecular flexibility index (Phi) is 15.7. The van der Waals surface area contributed by atoms with Crippen molar-refractivity contribution in [1.29, 1.82) is 0 Å². The van der Waals surface area contributed by atoms with E-state index in [4.69, 9.17) is 11.5 Å². The van der Waals surface area contributed by atoms with Crippen molar-refractivity contribution in [3.63, 3.8) is 0 Å². The number of hydrogen-bond donors (Lipinski definition) is 6. The van der Waals surface area contributed by atoms with Gasteiger partial charge in [0, 0.05) is 6.54 Å². The molecule has 0 aliphatic heterocycles. The molecule has 0 unspecified atom stereocenters. The van der Waals surface area contributed by atoms with Gasteiger partial charge in [-0.1, -0.05) is 78.8 Å². The highest BCUT2D eigenvalue weighted by molar-refractivity contribution is 6.07.